The Bertz CT molecular complexity index is 853. The van der Waals surface area contributed by atoms with Crippen LogP contribution in [0.15, 0.2) is 36.4 Å². The van der Waals surface area contributed by atoms with Crippen LogP contribution in [0.25, 0.3) is 0 Å². The normalized spacial score (nSPS) is 11.6. The minimum absolute atomic E-state index is 0.00650. The van der Waals surface area contributed by atoms with Crippen molar-refractivity contribution in [1.82, 2.24) is 0 Å². The maximum atomic E-state index is 12.3. The predicted molar refractivity (Wildman–Crippen MR) is 122 cm³/mol. The third kappa shape index (κ3) is 6.98. The van der Waals surface area contributed by atoms with E-state index in [4.69, 9.17) is 16.3 Å². The van der Waals surface area contributed by atoms with E-state index in [0.717, 1.165) is 22.6 Å². The number of methoxy groups -OCH3 is 1. The van der Waals surface area contributed by atoms with E-state index in [9.17, 15) is 9.59 Å². The molecule has 29 heavy (non-hydrogen) atoms. The monoisotopic (exact) mass is 434 g/mol. The standard InChI is InChI=1S/C22H27ClN2O3S/c1-14-7-5-8-15(2)21(14)25-20(26)9-6-12-29-16(3)22(27)24-17-10-11-19(28-4)18(23)13-17/h5,7-8,10-11,13,16H,6,9,12H2,1-4H3,(H,24,27)(H,25,26). The fraction of sp³-hybridized carbons (Fsp3) is 0.364. The number of carbonyl (C=O) groups is 2. The summed E-state index contributed by atoms with van der Waals surface area (Å²) in [5.41, 5.74) is 3.62. The topological polar surface area (TPSA) is 67.4 Å². The first-order chi connectivity index (χ1) is 13.8. The first-order valence-corrected chi connectivity index (χ1v) is 10.9. The van der Waals surface area contributed by atoms with Crippen molar-refractivity contribution in [3.05, 3.63) is 52.5 Å². The molecule has 1 atom stereocenters. The van der Waals surface area contributed by atoms with Crippen LogP contribution in [0.2, 0.25) is 5.02 Å². The fourth-order valence-corrected chi connectivity index (χ4v) is 3.90. The highest BCUT2D eigenvalue weighted by molar-refractivity contribution is 8.00. The molecule has 2 N–H and O–H groups in total. The van der Waals surface area contributed by atoms with E-state index >= 15 is 0 Å². The van der Waals surface area contributed by atoms with Crippen molar-refractivity contribution in [3.8, 4) is 5.75 Å². The van der Waals surface area contributed by atoms with E-state index in [-0.39, 0.29) is 17.1 Å². The molecule has 0 aromatic heterocycles. The average molecular weight is 435 g/mol. The molecule has 0 aliphatic carbocycles. The van der Waals surface area contributed by atoms with Crippen LogP contribution >= 0.6 is 23.4 Å². The number of ether oxygens (including phenoxy) is 1. The number of hydrogen-bond acceptors (Lipinski definition) is 4. The van der Waals surface area contributed by atoms with Gasteiger partial charge in [-0.3, -0.25) is 9.59 Å². The SMILES string of the molecule is COc1ccc(NC(=O)C(C)SCCCC(=O)Nc2c(C)cccc2C)cc1Cl. The van der Waals surface area contributed by atoms with Crippen LogP contribution in [-0.4, -0.2) is 29.9 Å². The van der Waals surface area contributed by atoms with Crippen molar-refractivity contribution in [3.63, 3.8) is 0 Å². The average Bonchev–Trinajstić information content (AvgIpc) is 2.68. The Balaban J connectivity index is 1.73. The van der Waals surface area contributed by atoms with Gasteiger partial charge in [0.2, 0.25) is 11.8 Å². The van der Waals surface area contributed by atoms with E-state index in [0.29, 0.717) is 29.3 Å². The maximum absolute atomic E-state index is 12.3. The number of rotatable bonds is 9. The molecule has 0 bridgehead atoms. The van der Waals surface area contributed by atoms with Crippen LogP contribution in [0.3, 0.4) is 0 Å². The lowest BCUT2D eigenvalue weighted by Gasteiger charge is -2.13. The second kappa shape index (κ2) is 11.1. The Hall–Kier alpha value is -2.18. The number of aryl methyl sites for hydroxylation is 2. The molecule has 0 aliphatic heterocycles. The number of carbonyl (C=O) groups excluding carboxylic acids is 2. The van der Waals surface area contributed by atoms with Crippen LogP contribution in [-0.2, 0) is 9.59 Å². The van der Waals surface area contributed by atoms with Gasteiger partial charge in [-0.15, -0.1) is 11.8 Å². The highest BCUT2D eigenvalue weighted by Crippen LogP contribution is 2.27. The smallest absolute Gasteiger partial charge is 0.237 e. The van der Waals surface area contributed by atoms with Gasteiger partial charge in [0.15, 0.2) is 0 Å². The third-order valence-corrected chi connectivity index (χ3v) is 5.98. The van der Waals surface area contributed by atoms with E-state index < -0.39 is 0 Å². The van der Waals surface area contributed by atoms with Crippen LogP contribution in [0.5, 0.6) is 5.75 Å². The molecular formula is C22H27ClN2O3S. The lowest BCUT2D eigenvalue weighted by atomic mass is 10.1. The maximum Gasteiger partial charge on any atom is 0.237 e. The van der Waals surface area contributed by atoms with Crippen LogP contribution in [0.1, 0.15) is 30.9 Å². The minimum Gasteiger partial charge on any atom is -0.495 e. The molecule has 7 heteroatoms. The summed E-state index contributed by atoms with van der Waals surface area (Å²) in [6.07, 6.45) is 1.12. The van der Waals surface area contributed by atoms with Gasteiger partial charge in [-0.05, 0) is 62.3 Å². The lowest BCUT2D eigenvalue weighted by molar-refractivity contribution is -0.116. The Morgan fingerprint density at radius 3 is 2.45 bits per heavy atom. The van der Waals surface area contributed by atoms with Gasteiger partial charge in [-0.2, -0.15) is 0 Å². The second-order valence-electron chi connectivity index (χ2n) is 6.77. The number of halogens is 1. The summed E-state index contributed by atoms with van der Waals surface area (Å²) in [6.45, 7) is 5.81. The molecular weight excluding hydrogens is 408 g/mol. The zero-order chi connectivity index (χ0) is 21.4. The molecule has 2 aromatic rings. The first-order valence-electron chi connectivity index (χ1n) is 9.44. The molecule has 0 aliphatic rings. The van der Waals surface area contributed by atoms with Crippen molar-refractivity contribution >= 4 is 46.6 Å². The number of anilines is 2. The lowest BCUT2D eigenvalue weighted by Crippen LogP contribution is -2.23. The summed E-state index contributed by atoms with van der Waals surface area (Å²) in [4.78, 5) is 24.5. The molecule has 1 unspecified atom stereocenters. The fourth-order valence-electron chi connectivity index (χ4n) is 2.77. The number of amides is 2. The Morgan fingerprint density at radius 2 is 1.83 bits per heavy atom. The molecule has 0 heterocycles. The van der Waals surface area contributed by atoms with Gasteiger partial charge in [0.05, 0.1) is 17.4 Å². The molecule has 0 saturated carbocycles. The number of para-hydroxylation sites is 1. The largest absolute Gasteiger partial charge is 0.495 e. The van der Waals surface area contributed by atoms with Crippen molar-refractivity contribution in [2.24, 2.45) is 0 Å². The van der Waals surface area contributed by atoms with Gasteiger partial charge in [0.25, 0.3) is 0 Å². The summed E-state index contributed by atoms with van der Waals surface area (Å²) in [7, 11) is 1.54. The molecule has 2 rings (SSSR count). The Labute approximate surface area is 181 Å². The van der Waals surface area contributed by atoms with Gasteiger partial charge in [-0.1, -0.05) is 29.8 Å². The van der Waals surface area contributed by atoms with Crippen LogP contribution < -0.4 is 15.4 Å². The zero-order valence-electron chi connectivity index (χ0n) is 17.2. The summed E-state index contributed by atoms with van der Waals surface area (Å²) in [5.74, 6) is 1.17. The number of benzene rings is 2. The molecule has 2 amide bonds. The summed E-state index contributed by atoms with van der Waals surface area (Å²) >= 11 is 7.60. The van der Waals surface area contributed by atoms with E-state index in [1.807, 2.05) is 39.0 Å². The molecule has 0 fully saturated rings. The van der Waals surface area contributed by atoms with E-state index in [1.165, 1.54) is 11.8 Å². The van der Waals surface area contributed by atoms with Gasteiger partial charge >= 0.3 is 0 Å². The Morgan fingerprint density at radius 1 is 1.14 bits per heavy atom. The summed E-state index contributed by atoms with van der Waals surface area (Å²) in [5, 5.41) is 6.04. The summed E-state index contributed by atoms with van der Waals surface area (Å²) < 4.78 is 5.11. The molecule has 0 radical (unpaired) electrons. The highest BCUT2D eigenvalue weighted by Gasteiger charge is 2.15. The molecule has 5 nitrogen and oxygen atoms in total. The highest BCUT2D eigenvalue weighted by atomic mass is 35.5. The van der Waals surface area contributed by atoms with Gasteiger partial charge < -0.3 is 15.4 Å². The predicted octanol–water partition coefficient (Wildman–Crippen LogP) is 5.44. The van der Waals surface area contributed by atoms with Crippen LogP contribution in [0, 0.1) is 13.8 Å². The van der Waals surface area contributed by atoms with Crippen molar-refractivity contribution < 1.29 is 14.3 Å². The molecule has 2 aromatic carbocycles. The van der Waals surface area contributed by atoms with E-state index in [2.05, 4.69) is 10.6 Å². The molecule has 156 valence electrons. The van der Waals surface area contributed by atoms with Crippen molar-refractivity contribution in [2.45, 2.75) is 38.9 Å². The number of hydrogen-bond donors (Lipinski definition) is 2. The van der Waals surface area contributed by atoms with Gasteiger partial charge in [0, 0.05) is 17.8 Å². The van der Waals surface area contributed by atoms with Gasteiger partial charge in [0.1, 0.15) is 5.75 Å². The van der Waals surface area contributed by atoms with E-state index in [1.54, 1.807) is 25.3 Å². The van der Waals surface area contributed by atoms with Crippen molar-refractivity contribution in [2.75, 3.05) is 23.5 Å². The second-order valence-corrected chi connectivity index (χ2v) is 8.63. The third-order valence-electron chi connectivity index (χ3n) is 4.45. The summed E-state index contributed by atoms with van der Waals surface area (Å²) in [6, 6.07) is 11.1. The molecule has 0 saturated heterocycles. The minimum atomic E-state index is -0.238. The Kier molecular flexibility index (Phi) is 8.86. The first kappa shape index (κ1) is 23.1. The van der Waals surface area contributed by atoms with Gasteiger partial charge in [-0.25, -0.2) is 0 Å². The quantitative estimate of drug-likeness (QED) is 0.515. The number of thioether (sulfide) groups is 1. The number of nitrogens with one attached hydrogen (secondary N) is 2. The van der Waals surface area contributed by atoms with Crippen molar-refractivity contribution in [1.29, 1.82) is 0 Å². The molecule has 0 spiro atoms. The zero-order valence-corrected chi connectivity index (χ0v) is 18.7. The van der Waals surface area contributed by atoms with Crippen LogP contribution in [0.4, 0.5) is 11.4 Å².